The molecular formula is C14H9NO4. The van der Waals surface area contributed by atoms with Crippen molar-refractivity contribution < 1.29 is 14.5 Å². The number of nitro groups is 1. The first-order valence-electron chi connectivity index (χ1n) is 5.71. The van der Waals surface area contributed by atoms with Crippen molar-refractivity contribution in [1.82, 2.24) is 0 Å². The molecule has 0 saturated heterocycles. The number of nitrogens with zero attached hydrogens (tertiary/aromatic N) is 1. The molecule has 2 aromatic carbocycles. The number of carbonyl (C=O) groups is 1. The highest BCUT2D eigenvalue weighted by atomic mass is 16.6. The Morgan fingerprint density at radius 3 is 2.68 bits per heavy atom. The number of nitro benzene ring substituents is 1. The molecule has 0 amide bonds. The third-order valence-electron chi connectivity index (χ3n) is 3.07. The lowest BCUT2D eigenvalue weighted by atomic mass is 9.97. The second kappa shape index (κ2) is 4.20. The number of ether oxygens (including phenoxy) is 1. The van der Waals surface area contributed by atoms with Crippen LogP contribution in [-0.2, 0) is 6.61 Å². The van der Waals surface area contributed by atoms with Crippen molar-refractivity contribution in [3.63, 3.8) is 0 Å². The van der Waals surface area contributed by atoms with Gasteiger partial charge in [0.25, 0.3) is 5.69 Å². The Hall–Kier alpha value is -2.69. The van der Waals surface area contributed by atoms with Crippen LogP contribution in [0.15, 0.2) is 42.5 Å². The van der Waals surface area contributed by atoms with Gasteiger partial charge in [-0.1, -0.05) is 24.3 Å². The number of ketones is 1. The molecule has 0 radical (unpaired) electrons. The maximum Gasteiger partial charge on any atom is 0.280 e. The highest BCUT2D eigenvalue weighted by molar-refractivity contribution is 6.14. The minimum Gasteiger partial charge on any atom is -0.488 e. The lowest BCUT2D eigenvalue weighted by Crippen LogP contribution is -2.07. The number of fused-ring (bicyclic) bond motifs is 2. The molecule has 1 aliphatic rings. The maximum atomic E-state index is 12.5. The van der Waals surface area contributed by atoms with E-state index in [4.69, 9.17) is 4.74 Å². The van der Waals surface area contributed by atoms with Gasteiger partial charge in [-0.2, -0.15) is 0 Å². The topological polar surface area (TPSA) is 69.4 Å². The third kappa shape index (κ3) is 1.76. The highest BCUT2D eigenvalue weighted by Gasteiger charge is 2.29. The highest BCUT2D eigenvalue weighted by Crippen LogP contribution is 2.32. The molecule has 94 valence electrons. The fourth-order valence-electron chi connectivity index (χ4n) is 2.19. The second-order valence-corrected chi connectivity index (χ2v) is 4.18. The summed E-state index contributed by atoms with van der Waals surface area (Å²) in [4.78, 5) is 23.0. The Bertz CT molecular complexity index is 694. The lowest BCUT2D eigenvalue weighted by Gasteiger charge is -2.04. The average Bonchev–Trinajstić information content (AvgIpc) is 2.57. The smallest absolute Gasteiger partial charge is 0.280 e. The van der Waals surface area contributed by atoms with Gasteiger partial charge in [-0.05, 0) is 12.1 Å². The summed E-state index contributed by atoms with van der Waals surface area (Å²) in [5, 5.41) is 11.1. The van der Waals surface area contributed by atoms with E-state index in [1.165, 1.54) is 6.07 Å². The third-order valence-corrected chi connectivity index (χ3v) is 3.07. The first-order valence-corrected chi connectivity index (χ1v) is 5.71. The molecule has 2 aromatic rings. The van der Waals surface area contributed by atoms with Gasteiger partial charge in [0, 0.05) is 11.6 Å². The molecule has 0 atom stereocenters. The van der Waals surface area contributed by atoms with Gasteiger partial charge in [-0.3, -0.25) is 14.9 Å². The largest absolute Gasteiger partial charge is 0.488 e. The summed E-state index contributed by atoms with van der Waals surface area (Å²) in [5.74, 6) is 0.0911. The summed E-state index contributed by atoms with van der Waals surface area (Å²) in [6, 6.07) is 11.3. The van der Waals surface area contributed by atoms with Gasteiger partial charge in [0.15, 0.2) is 0 Å². The molecule has 0 unspecified atom stereocenters. The van der Waals surface area contributed by atoms with Crippen LogP contribution in [0.25, 0.3) is 0 Å². The number of para-hydroxylation sites is 1. The number of hydrogen-bond acceptors (Lipinski definition) is 4. The Kier molecular flexibility index (Phi) is 2.52. The Morgan fingerprint density at radius 1 is 1.11 bits per heavy atom. The van der Waals surface area contributed by atoms with E-state index in [0.29, 0.717) is 16.9 Å². The van der Waals surface area contributed by atoms with Crippen LogP contribution >= 0.6 is 0 Å². The molecule has 0 saturated carbocycles. The summed E-state index contributed by atoms with van der Waals surface area (Å²) in [7, 11) is 0. The van der Waals surface area contributed by atoms with Crippen LogP contribution in [0.4, 0.5) is 5.69 Å². The zero-order valence-electron chi connectivity index (χ0n) is 9.83. The number of rotatable bonds is 1. The summed E-state index contributed by atoms with van der Waals surface area (Å²) in [6.45, 7) is 0.153. The number of benzene rings is 2. The monoisotopic (exact) mass is 255 g/mol. The van der Waals surface area contributed by atoms with E-state index < -0.39 is 4.92 Å². The molecule has 0 aromatic heterocycles. The van der Waals surface area contributed by atoms with Crippen molar-refractivity contribution in [2.75, 3.05) is 0 Å². The van der Waals surface area contributed by atoms with Gasteiger partial charge in [0.05, 0.1) is 10.5 Å². The van der Waals surface area contributed by atoms with Crippen molar-refractivity contribution in [3.8, 4) is 5.75 Å². The molecule has 0 N–H and O–H groups in total. The fraction of sp³-hybridized carbons (Fsp3) is 0.0714. The number of hydrogen-bond donors (Lipinski definition) is 0. The standard InChI is InChI=1S/C14H9NO4/c16-14-10-5-1-2-7-12(10)19-8-9-4-3-6-11(13(9)14)15(17)18/h1-7H,8H2. The Morgan fingerprint density at radius 2 is 1.89 bits per heavy atom. The quantitative estimate of drug-likeness (QED) is 0.580. The molecule has 0 aliphatic carbocycles. The Labute approximate surface area is 108 Å². The van der Waals surface area contributed by atoms with Crippen LogP contribution in [0, 0.1) is 10.1 Å². The van der Waals surface area contributed by atoms with Crippen molar-refractivity contribution in [2.45, 2.75) is 6.61 Å². The molecule has 5 heteroatoms. The van der Waals surface area contributed by atoms with E-state index in [9.17, 15) is 14.9 Å². The summed E-state index contributed by atoms with van der Waals surface area (Å²) >= 11 is 0. The summed E-state index contributed by atoms with van der Waals surface area (Å²) in [5.41, 5.74) is 0.839. The molecule has 0 bridgehead atoms. The zero-order valence-corrected chi connectivity index (χ0v) is 9.83. The predicted molar refractivity (Wildman–Crippen MR) is 67.3 cm³/mol. The van der Waals surface area contributed by atoms with Gasteiger partial charge >= 0.3 is 0 Å². The van der Waals surface area contributed by atoms with Gasteiger partial charge in [-0.15, -0.1) is 0 Å². The molecule has 3 rings (SSSR count). The zero-order chi connectivity index (χ0) is 13.4. The Balaban J connectivity index is 2.27. The van der Waals surface area contributed by atoms with E-state index in [1.807, 2.05) is 0 Å². The van der Waals surface area contributed by atoms with Crippen molar-refractivity contribution in [2.24, 2.45) is 0 Å². The first-order chi connectivity index (χ1) is 9.18. The number of carbonyl (C=O) groups excluding carboxylic acids is 1. The molecule has 0 spiro atoms. The van der Waals surface area contributed by atoms with Crippen molar-refractivity contribution >= 4 is 11.5 Å². The van der Waals surface area contributed by atoms with Gasteiger partial charge in [0.2, 0.25) is 5.78 Å². The van der Waals surface area contributed by atoms with Crippen molar-refractivity contribution in [3.05, 3.63) is 69.3 Å². The van der Waals surface area contributed by atoms with Gasteiger partial charge in [0.1, 0.15) is 17.9 Å². The summed E-state index contributed by atoms with van der Waals surface area (Å²) in [6.07, 6.45) is 0. The van der Waals surface area contributed by atoms with E-state index in [2.05, 4.69) is 0 Å². The SMILES string of the molecule is O=C1c2ccccc2OCc2cccc([N+](=O)[O-])c21. The molecule has 1 heterocycles. The molecule has 0 fully saturated rings. The molecule has 1 aliphatic heterocycles. The van der Waals surface area contributed by atoms with E-state index >= 15 is 0 Å². The summed E-state index contributed by atoms with van der Waals surface area (Å²) < 4.78 is 5.54. The van der Waals surface area contributed by atoms with Crippen LogP contribution in [0.5, 0.6) is 5.75 Å². The normalized spacial score (nSPS) is 12.9. The first kappa shape index (κ1) is 11.4. The molecule has 19 heavy (non-hydrogen) atoms. The fourth-order valence-corrected chi connectivity index (χ4v) is 2.19. The second-order valence-electron chi connectivity index (χ2n) is 4.18. The lowest BCUT2D eigenvalue weighted by molar-refractivity contribution is -0.385. The van der Waals surface area contributed by atoms with E-state index in [0.717, 1.165) is 0 Å². The molecule has 5 nitrogen and oxygen atoms in total. The van der Waals surface area contributed by atoms with Crippen molar-refractivity contribution in [1.29, 1.82) is 0 Å². The van der Waals surface area contributed by atoms with Gasteiger partial charge < -0.3 is 4.74 Å². The maximum absolute atomic E-state index is 12.5. The van der Waals surface area contributed by atoms with Crippen LogP contribution in [0.2, 0.25) is 0 Å². The van der Waals surface area contributed by atoms with Gasteiger partial charge in [-0.25, -0.2) is 0 Å². The minimum atomic E-state index is -0.537. The van der Waals surface area contributed by atoms with E-state index in [-0.39, 0.29) is 23.6 Å². The predicted octanol–water partition coefficient (Wildman–Crippen LogP) is 2.72. The van der Waals surface area contributed by atoms with Crippen LogP contribution in [0.3, 0.4) is 0 Å². The average molecular weight is 255 g/mol. The van der Waals surface area contributed by atoms with Crippen LogP contribution in [0.1, 0.15) is 21.5 Å². The molecular weight excluding hydrogens is 246 g/mol. The van der Waals surface area contributed by atoms with Crippen LogP contribution in [-0.4, -0.2) is 10.7 Å². The van der Waals surface area contributed by atoms with E-state index in [1.54, 1.807) is 36.4 Å². The van der Waals surface area contributed by atoms with Crippen LogP contribution < -0.4 is 4.74 Å². The minimum absolute atomic E-state index is 0.123.